The molecule has 0 aromatic carbocycles. The van der Waals surface area contributed by atoms with Crippen LogP contribution in [0.3, 0.4) is 0 Å². The molecule has 5 aliphatic rings. The van der Waals surface area contributed by atoms with E-state index in [9.17, 15) is 14.4 Å². The third-order valence-corrected chi connectivity index (χ3v) is 8.41. The first-order chi connectivity index (χ1) is 12.3. The molecule has 1 heterocycles. The highest BCUT2D eigenvalue weighted by molar-refractivity contribution is 5.96. The third kappa shape index (κ3) is 2.10. The van der Waals surface area contributed by atoms with E-state index in [1.54, 1.807) is 0 Å². The smallest absolute Gasteiger partial charge is 0.226 e. The van der Waals surface area contributed by atoms with Crippen molar-refractivity contribution < 1.29 is 14.4 Å². The fourth-order valence-corrected chi connectivity index (χ4v) is 6.82. The maximum atomic E-state index is 13.3. The summed E-state index contributed by atoms with van der Waals surface area (Å²) in [4.78, 5) is 40.5. The van der Waals surface area contributed by atoms with E-state index in [0.717, 1.165) is 31.5 Å². The summed E-state index contributed by atoms with van der Waals surface area (Å²) in [5.41, 5.74) is 0.469. The molecule has 0 bridgehead atoms. The van der Waals surface area contributed by atoms with Gasteiger partial charge in [0.05, 0.1) is 0 Å². The number of amides is 1. The van der Waals surface area contributed by atoms with Gasteiger partial charge < -0.3 is 4.90 Å². The van der Waals surface area contributed by atoms with Gasteiger partial charge in [-0.1, -0.05) is 19.9 Å². The number of carbonyl (C=O) groups excluding carboxylic acids is 3. The molecule has 0 aromatic heterocycles. The molecule has 4 heteroatoms. The molecule has 5 rings (SSSR count). The van der Waals surface area contributed by atoms with Gasteiger partial charge in [0.1, 0.15) is 11.6 Å². The van der Waals surface area contributed by atoms with E-state index in [-0.39, 0.29) is 28.9 Å². The number of piperidine rings is 1. The first-order valence-corrected chi connectivity index (χ1v) is 10.4. The average molecular weight is 355 g/mol. The Bertz CT molecular complexity index is 736. The van der Waals surface area contributed by atoms with Crippen molar-refractivity contribution in [1.29, 1.82) is 0 Å². The Balaban J connectivity index is 1.54. The SMILES string of the molecule is CC12CCC(=O)N(CC3CC3)C1=CCC1[C@@H]2C(=O)C[C@]2(C)C(=O)CC[C@@H]12. The van der Waals surface area contributed by atoms with Crippen molar-refractivity contribution in [2.45, 2.75) is 65.2 Å². The van der Waals surface area contributed by atoms with Crippen molar-refractivity contribution in [3.63, 3.8) is 0 Å². The van der Waals surface area contributed by atoms with Crippen LogP contribution in [0.15, 0.2) is 11.8 Å². The summed E-state index contributed by atoms with van der Waals surface area (Å²) in [7, 11) is 0. The van der Waals surface area contributed by atoms with Gasteiger partial charge in [-0.05, 0) is 49.9 Å². The zero-order chi connectivity index (χ0) is 18.3. The lowest BCUT2D eigenvalue weighted by Gasteiger charge is -2.56. The van der Waals surface area contributed by atoms with Crippen LogP contribution in [0, 0.1) is 34.5 Å². The molecule has 3 saturated carbocycles. The zero-order valence-corrected chi connectivity index (χ0v) is 15.9. The van der Waals surface area contributed by atoms with Crippen molar-refractivity contribution in [1.82, 2.24) is 4.90 Å². The second-order valence-corrected chi connectivity index (χ2v) is 9.96. The van der Waals surface area contributed by atoms with Crippen molar-refractivity contribution >= 4 is 17.5 Å². The molecule has 0 aromatic rings. The van der Waals surface area contributed by atoms with Crippen LogP contribution in [-0.2, 0) is 14.4 Å². The average Bonchev–Trinajstić information content (AvgIpc) is 3.35. The van der Waals surface area contributed by atoms with E-state index in [4.69, 9.17) is 0 Å². The van der Waals surface area contributed by atoms with E-state index >= 15 is 0 Å². The molecular formula is C22H29NO3. The van der Waals surface area contributed by atoms with Gasteiger partial charge in [-0.25, -0.2) is 0 Å². The summed E-state index contributed by atoms with van der Waals surface area (Å²) in [6, 6.07) is 0. The molecule has 0 radical (unpaired) electrons. The Morgan fingerprint density at radius 1 is 1.08 bits per heavy atom. The fraction of sp³-hybridized carbons (Fsp3) is 0.773. The minimum atomic E-state index is -0.432. The largest absolute Gasteiger partial charge is 0.316 e. The van der Waals surface area contributed by atoms with Crippen molar-refractivity contribution in [2.75, 3.05) is 6.54 Å². The number of rotatable bonds is 2. The molecule has 4 aliphatic carbocycles. The molecule has 1 aliphatic heterocycles. The van der Waals surface area contributed by atoms with Gasteiger partial charge in [-0.2, -0.15) is 0 Å². The Hall–Kier alpha value is -1.45. The predicted octanol–water partition coefficient (Wildman–Crippen LogP) is 3.50. The van der Waals surface area contributed by atoms with Crippen LogP contribution in [0.1, 0.15) is 65.2 Å². The molecule has 1 saturated heterocycles. The molecule has 0 N–H and O–H groups in total. The second-order valence-electron chi connectivity index (χ2n) is 9.96. The van der Waals surface area contributed by atoms with Crippen LogP contribution in [-0.4, -0.2) is 28.9 Å². The summed E-state index contributed by atoms with van der Waals surface area (Å²) < 4.78 is 0. The Kier molecular flexibility index (Phi) is 3.40. The molecule has 4 fully saturated rings. The van der Waals surface area contributed by atoms with Crippen LogP contribution in [0.25, 0.3) is 0 Å². The Labute approximate surface area is 155 Å². The van der Waals surface area contributed by atoms with Gasteiger partial charge in [0.25, 0.3) is 0 Å². The third-order valence-electron chi connectivity index (χ3n) is 8.41. The Morgan fingerprint density at radius 2 is 1.85 bits per heavy atom. The van der Waals surface area contributed by atoms with Crippen molar-refractivity contribution in [3.05, 3.63) is 11.8 Å². The molecule has 5 atom stereocenters. The number of fused-ring (bicyclic) bond motifs is 5. The van der Waals surface area contributed by atoms with Gasteiger partial charge in [0.2, 0.25) is 5.91 Å². The summed E-state index contributed by atoms with van der Waals surface area (Å²) in [5, 5.41) is 0. The quantitative estimate of drug-likeness (QED) is 0.762. The molecular weight excluding hydrogens is 326 g/mol. The van der Waals surface area contributed by atoms with Gasteiger partial charge in [0, 0.05) is 48.3 Å². The number of Topliss-reactive ketones (excluding diaryl/α,β-unsaturated/α-hetero) is 2. The van der Waals surface area contributed by atoms with Crippen LogP contribution in [0.2, 0.25) is 0 Å². The summed E-state index contributed by atoms with van der Waals surface area (Å²) in [6.45, 7) is 5.09. The van der Waals surface area contributed by atoms with Gasteiger partial charge in [-0.15, -0.1) is 0 Å². The lowest BCUT2D eigenvalue weighted by molar-refractivity contribution is -0.152. The Morgan fingerprint density at radius 3 is 2.58 bits per heavy atom. The van der Waals surface area contributed by atoms with E-state index in [0.29, 0.717) is 36.9 Å². The predicted molar refractivity (Wildman–Crippen MR) is 96.9 cm³/mol. The maximum absolute atomic E-state index is 13.3. The highest BCUT2D eigenvalue weighted by Gasteiger charge is 2.62. The first-order valence-electron chi connectivity index (χ1n) is 10.4. The number of allylic oxidation sites excluding steroid dienone is 2. The van der Waals surface area contributed by atoms with Crippen molar-refractivity contribution in [3.8, 4) is 0 Å². The van der Waals surface area contributed by atoms with Crippen LogP contribution in [0.5, 0.6) is 0 Å². The summed E-state index contributed by atoms with van der Waals surface area (Å²) in [5.74, 6) is 2.06. The van der Waals surface area contributed by atoms with E-state index in [2.05, 4.69) is 13.0 Å². The number of carbonyl (C=O) groups is 3. The van der Waals surface area contributed by atoms with Gasteiger partial charge in [-0.3, -0.25) is 14.4 Å². The number of ketones is 2. The monoisotopic (exact) mass is 355 g/mol. The van der Waals surface area contributed by atoms with E-state index in [1.807, 2.05) is 11.8 Å². The van der Waals surface area contributed by atoms with Gasteiger partial charge in [0.15, 0.2) is 0 Å². The highest BCUT2D eigenvalue weighted by Crippen LogP contribution is 2.62. The fourth-order valence-electron chi connectivity index (χ4n) is 6.82. The zero-order valence-electron chi connectivity index (χ0n) is 15.9. The summed E-state index contributed by atoms with van der Waals surface area (Å²) >= 11 is 0. The van der Waals surface area contributed by atoms with E-state index in [1.165, 1.54) is 12.8 Å². The standard InChI is InChI=1S/C22H29NO3/c1-21-10-9-19(26)23(12-13-3-4-13)17(21)7-5-14-15-6-8-18(25)22(15,2)11-16(24)20(14)21/h7,13-15,20H,3-6,8-12H2,1-2H3/t14?,15-,20+,21?,22-/m0/s1. The van der Waals surface area contributed by atoms with Crippen LogP contribution in [0.4, 0.5) is 0 Å². The normalized spacial score (nSPS) is 45.2. The molecule has 0 spiro atoms. The minimum Gasteiger partial charge on any atom is -0.316 e. The topological polar surface area (TPSA) is 54.5 Å². The number of likely N-dealkylation sites (tertiary alicyclic amines) is 1. The first kappa shape index (κ1) is 16.7. The lowest BCUT2D eigenvalue weighted by atomic mass is 9.49. The highest BCUT2D eigenvalue weighted by atomic mass is 16.2. The number of hydrogen-bond acceptors (Lipinski definition) is 3. The molecule has 140 valence electrons. The second kappa shape index (κ2) is 5.30. The minimum absolute atomic E-state index is 0.0127. The number of nitrogens with zero attached hydrogens (tertiary/aromatic N) is 1. The molecule has 1 amide bonds. The van der Waals surface area contributed by atoms with Gasteiger partial charge >= 0.3 is 0 Å². The van der Waals surface area contributed by atoms with Crippen LogP contribution >= 0.6 is 0 Å². The molecule has 2 unspecified atom stereocenters. The number of hydrogen-bond donors (Lipinski definition) is 0. The van der Waals surface area contributed by atoms with E-state index < -0.39 is 5.41 Å². The summed E-state index contributed by atoms with van der Waals surface area (Å²) in [6.07, 6.45) is 8.89. The molecule has 26 heavy (non-hydrogen) atoms. The molecule has 4 nitrogen and oxygen atoms in total. The lowest BCUT2D eigenvalue weighted by Crippen LogP contribution is -2.57. The van der Waals surface area contributed by atoms with Crippen LogP contribution < -0.4 is 0 Å². The maximum Gasteiger partial charge on any atom is 0.226 e. The van der Waals surface area contributed by atoms with Crippen molar-refractivity contribution in [2.24, 2.45) is 34.5 Å².